The lowest BCUT2D eigenvalue weighted by Crippen LogP contribution is -2.30. The maximum absolute atomic E-state index is 12.7. The van der Waals surface area contributed by atoms with E-state index >= 15 is 0 Å². The number of aryl methyl sites for hydroxylation is 3. The number of carbonyl (C=O) groups excluding carboxylic acids is 1. The number of rotatable bonds is 4. The van der Waals surface area contributed by atoms with Crippen LogP contribution in [-0.4, -0.2) is 20.9 Å². The van der Waals surface area contributed by atoms with E-state index in [1.807, 2.05) is 12.1 Å². The lowest BCUT2D eigenvalue weighted by Gasteiger charge is -2.25. The molecule has 1 atom stereocenters. The fraction of sp³-hybridized carbons (Fsp3) is 0.350. The number of amides is 1. The molecule has 0 radical (unpaired) electrons. The van der Waals surface area contributed by atoms with E-state index in [4.69, 9.17) is 5.14 Å². The van der Waals surface area contributed by atoms with E-state index in [0.717, 1.165) is 24.8 Å². The van der Waals surface area contributed by atoms with Gasteiger partial charge in [0.2, 0.25) is 10.0 Å². The van der Waals surface area contributed by atoms with Crippen molar-refractivity contribution in [3.63, 3.8) is 0 Å². The summed E-state index contributed by atoms with van der Waals surface area (Å²) in [6.45, 7) is 4.01. The maximum Gasteiger partial charge on any atom is 0.251 e. The predicted octanol–water partition coefficient (Wildman–Crippen LogP) is 2.80. The lowest BCUT2D eigenvalue weighted by atomic mass is 9.83. The van der Waals surface area contributed by atoms with Gasteiger partial charge < -0.3 is 5.32 Å². The fourth-order valence-corrected chi connectivity index (χ4v) is 4.55. The minimum absolute atomic E-state index is 0.00346. The van der Waals surface area contributed by atoms with Crippen molar-refractivity contribution < 1.29 is 13.2 Å². The van der Waals surface area contributed by atoms with E-state index in [9.17, 15) is 13.2 Å². The van der Waals surface area contributed by atoms with Gasteiger partial charge in [-0.25, -0.2) is 13.6 Å². The third kappa shape index (κ3) is 3.81. The van der Waals surface area contributed by atoms with Gasteiger partial charge in [0.25, 0.3) is 5.91 Å². The molecule has 0 saturated carbocycles. The molecule has 5 nitrogen and oxygen atoms in total. The Morgan fingerprint density at radius 1 is 1.19 bits per heavy atom. The van der Waals surface area contributed by atoms with E-state index in [1.54, 1.807) is 19.9 Å². The van der Waals surface area contributed by atoms with Gasteiger partial charge in [-0.05, 0) is 61.4 Å². The summed E-state index contributed by atoms with van der Waals surface area (Å²) in [5, 5.41) is 8.24. The molecular formula is C20H24N2O3S. The Morgan fingerprint density at radius 2 is 1.92 bits per heavy atom. The molecule has 3 rings (SSSR count). The van der Waals surface area contributed by atoms with Crippen LogP contribution in [0.25, 0.3) is 0 Å². The normalized spacial score (nSPS) is 16.8. The van der Waals surface area contributed by atoms with E-state index < -0.39 is 10.0 Å². The van der Waals surface area contributed by atoms with Crippen molar-refractivity contribution in [3.8, 4) is 0 Å². The Morgan fingerprint density at radius 3 is 2.65 bits per heavy atom. The predicted molar refractivity (Wildman–Crippen MR) is 102 cm³/mol. The molecule has 0 bridgehead atoms. The molecule has 2 aromatic carbocycles. The lowest BCUT2D eigenvalue weighted by molar-refractivity contribution is 0.0949. The summed E-state index contributed by atoms with van der Waals surface area (Å²) < 4.78 is 23.5. The minimum atomic E-state index is -3.86. The molecule has 138 valence electrons. The highest BCUT2D eigenvalue weighted by molar-refractivity contribution is 7.89. The highest BCUT2D eigenvalue weighted by atomic mass is 32.2. The summed E-state index contributed by atoms with van der Waals surface area (Å²) >= 11 is 0. The van der Waals surface area contributed by atoms with Crippen molar-refractivity contribution in [2.24, 2.45) is 5.14 Å². The first-order chi connectivity index (χ1) is 12.3. The molecule has 2 aromatic rings. The van der Waals surface area contributed by atoms with Gasteiger partial charge in [0, 0.05) is 18.0 Å². The van der Waals surface area contributed by atoms with Crippen LogP contribution in [0.3, 0.4) is 0 Å². The van der Waals surface area contributed by atoms with Crippen LogP contribution in [0.2, 0.25) is 0 Å². The second-order valence-corrected chi connectivity index (χ2v) is 8.51. The summed E-state index contributed by atoms with van der Waals surface area (Å²) in [5.74, 6) is 0.0165. The summed E-state index contributed by atoms with van der Waals surface area (Å²) in [5.41, 5.74) is 4.27. The highest BCUT2D eigenvalue weighted by Gasteiger charge is 2.22. The molecular weight excluding hydrogens is 348 g/mol. The number of benzene rings is 2. The number of primary sulfonamides is 1. The van der Waals surface area contributed by atoms with Crippen molar-refractivity contribution >= 4 is 15.9 Å². The van der Waals surface area contributed by atoms with Crippen LogP contribution in [-0.2, 0) is 16.4 Å². The fourth-order valence-electron chi connectivity index (χ4n) is 3.76. The maximum atomic E-state index is 12.7. The number of fused-ring (bicyclic) bond motifs is 1. The Balaban J connectivity index is 1.80. The van der Waals surface area contributed by atoms with Crippen LogP contribution in [0.1, 0.15) is 51.4 Å². The van der Waals surface area contributed by atoms with Gasteiger partial charge in [0.05, 0.1) is 4.90 Å². The molecule has 0 aromatic heterocycles. The van der Waals surface area contributed by atoms with Gasteiger partial charge in [-0.2, -0.15) is 0 Å². The molecule has 6 heteroatoms. The number of hydrogen-bond donors (Lipinski definition) is 2. The first kappa shape index (κ1) is 18.6. The van der Waals surface area contributed by atoms with Crippen LogP contribution in [0.5, 0.6) is 0 Å². The zero-order chi connectivity index (χ0) is 18.9. The summed E-state index contributed by atoms with van der Waals surface area (Å²) in [6, 6.07) is 11.4. The molecule has 1 amide bonds. The largest absolute Gasteiger partial charge is 0.351 e. The SMILES string of the molecule is Cc1cc(C)c(S(N)(=O)=O)cc1C(=O)NC[C@@H]1CCCc2ccccc21. The van der Waals surface area contributed by atoms with Gasteiger partial charge in [-0.15, -0.1) is 0 Å². The Bertz CT molecular complexity index is 952. The van der Waals surface area contributed by atoms with E-state index in [-0.39, 0.29) is 16.7 Å². The summed E-state index contributed by atoms with van der Waals surface area (Å²) in [6.07, 6.45) is 3.22. The molecule has 0 saturated heterocycles. The number of hydrogen-bond acceptors (Lipinski definition) is 3. The van der Waals surface area contributed by atoms with Gasteiger partial charge in [0.1, 0.15) is 0 Å². The number of sulfonamides is 1. The Kier molecular flexibility index (Phi) is 5.16. The summed E-state index contributed by atoms with van der Waals surface area (Å²) in [7, 11) is -3.86. The minimum Gasteiger partial charge on any atom is -0.351 e. The Labute approximate surface area is 154 Å². The van der Waals surface area contributed by atoms with Crippen molar-refractivity contribution in [2.75, 3.05) is 6.54 Å². The van der Waals surface area contributed by atoms with E-state index in [1.165, 1.54) is 17.2 Å². The van der Waals surface area contributed by atoms with E-state index in [0.29, 0.717) is 17.7 Å². The molecule has 0 spiro atoms. The smallest absolute Gasteiger partial charge is 0.251 e. The van der Waals surface area contributed by atoms with Crippen molar-refractivity contribution in [1.29, 1.82) is 0 Å². The van der Waals surface area contributed by atoms with Crippen LogP contribution >= 0.6 is 0 Å². The number of carbonyl (C=O) groups is 1. The van der Waals surface area contributed by atoms with Crippen LogP contribution in [0.15, 0.2) is 41.3 Å². The van der Waals surface area contributed by atoms with Crippen LogP contribution in [0, 0.1) is 13.8 Å². The number of nitrogens with two attached hydrogens (primary N) is 1. The van der Waals surface area contributed by atoms with Crippen molar-refractivity contribution in [2.45, 2.75) is 43.9 Å². The van der Waals surface area contributed by atoms with E-state index in [2.05, 4.69) is 17.4 Å². The molecule has 0 unspecified atom stereocenters. The zero-order valence-corrected chi connectivity index (χ0v) is 15.9. The second kappa shape index (κ2) is 7.21. The molecule has 0 aliphatic heterocycles. The molecule has 26 heavy (non-hydrogen) atoms. The quantitative estimate of drug-likeness (QED) is 0.865. The van der Waals surface area contributed by atoms with Crippen LogP contribution < -0.4 is 10.5 Å². The van der Waals surface area contributed by atoms with Gasteiger partial charge in [-0.3, -0.25) is 4.79 Å². The van der Waals surface area contributed by atoms with Crippen LogP contribution in [0.4, 0.5) is 0 Å². The standard InChI is InChI=1S/C20H24N2O3S/c1-13-10-14(2)19(26(21,24)25)11-18(13)20(23)22-12-16-8-5-7-15-6-3-4-9-17(15)16/h3-4,6,9-11,16H,5,7-8,12H2,1-2H3,(H,22,23)(H2,21,24,25)/t16-/m0/s1. The topological polar surface area (TPSA) is 89.3 Å². The average molecular weight is 372 g/mol. The first-order valence-corrected chi connectivity index (χ1v) is 10.3. The first-order valence-electron chi connectivity index (χ1n) is 8.77. The van der Waals surface area contributed by atoms with Gasteiger partial charge in [0.15, 0.2) is 0 Å². The molecule has 3 N–H and O–H groups in total. The highest BCUT2D eigenvalue weighted by Crippen LogP contribution is 2.31. The third-order valence-corrected chi connectivity index (χ3v) is 6.13. The van der Waals surface area contributed by atoms with Crippen molar-refractivity contribution in [3.05, 3.63) is 64.2 Å². The molecule has 0 heterocycles. The Hall–Kier alpha value is -2.18. The summed E-state index contributed by atoms with van der Waals surface area (Å²) in [4.78, 5) is 12.7. The monoisotopic (exact) mass is 372 g/mol. The van der Waals surface area contributed by atoms with Gasteiger partial charge in [-0.1, -0.05) is 30.3 Å². The molecule has 0 fully saturated rings. The molecule has 1 aliphatic carbocycles. The average Bonchev–Trinajstić information content (AvgIpc) is 2.58. The molecule has 1 aliphatic rings. The number of nitrogens with one attached hydrogen (secondary N) is 1. The zero-order valence-electron chi connectivity index (χ0n) is 15.1. The van der Waals surface area contributed by atoms with Gasteiger partial charge >= 0.3 is 0 Å². The van der Waals surface area contributed by atoms with Crippen molar-refractivity contribution in [1.82, 2.24) is 5.32 Å². The second-order valence-electron chi connectivity index (χ2n) is 6.98. The third-order valence-electron chi connectivity index (χ3n) is 5.08.